The number of ether oxygens (including phenoxy) is 1. The number of halogens is 3. The Bertz CT molecular complexity index is 741. The highest BCUT2D eigenvalue weighted by Gasteiger charge is 2.53. The molecule has 1 spiro atoms. The zero-order valence-corrected chi connectivity index (χ0v) is 15.1. The van der Waals surface area contributed by atoms with Crippen molar-refractivity contribution in [3.8, 4) is 0 Å². The van der Waals surface area contributed by atoms with E-state index in [4.69, 9.17) is 4.74 Å². The van der Waals surface area contributed by atoms with Gasteiger partial charge in [0.05, 0.1) is 18.1 Å². The fourth-order valence-corrected chi connectivity index (χ4v) is 5.59. The smallest absolute Gasteiger partial charge is 0.358 e. The van der Waals surface area contributed by atoms with Crippen molar-refractivity contribution < 1.29 is 26.3 Å². The van der Waals surface area contributed by atoms with Gasteiger partial charge < -0.3 is 4.74 Å². The van der Waals surface area contributed by atoms with E-state index in [0.717, 1.165) is 24.8 Å². The molecule has 8 heteroatoms. The van der Waals surface area contributed by atoms with Crippen molar-refractivity contribution in [3.05, 3.63) is 47.4 Å². The Labute approximate surface area is 151 Å². The summed E-state index contributed by atoms with van der Waals surface area (Å²) in [6, 6.07) is 8.80. The second-order valence-corrected chi connectivity index (χ2v) is 8.54. The summed E-state index contributed by atoms with van der Waals surface area (Å²) >= 11 is 0. The monoisotopic (exact) mass is 389 g/mol. The van der Waals surface area contributed by atoms with Gasteiger partial charge in [0.1, 0.15) is 5.72 Å². The van der Waals surface area contributed by atoms with E-state index >= 15 is 0 Å². The molecule has 1 saturated heterocycles. The summed E-state index contributed by atoms with van der Waals surface area (Å²) in [4.78, 5) is 0. The molecule has 3 rings (SSSR count). The summed E-state index contributed by atoms with van der Waals surface area (Å²) in [5.41, 5.74) is -0.0964. The van der Waals surface area contributed by atoms with E-state index in [1.54, 1.807) is 0 Å². The average molecular weight is 389 g/mol. The van der Waals surface area contributed by atoms with Crippen LogP contribution in [0.3, 0.4) is 0 Å². The van der Waals surface area contributed by atoms with Crippen LogP contribution in [0.25, 0.3) is 0 Å². The molecule has 26 heavy (non-hydrogen) atoms. The van der Waals surface area contributed by atoms with Gasteiger partial charge in [0.2, 0.25) is 10.0 Å². The molecule has 4 nitrogen and oxygen atoms in total. The third-order valence-electron chi connectivity index (χ3n) is 4.93. The van der Waals surface area contributed by atoms with Crippen LogP contribution in [0.5, 0.6) is 0 Å². The van der Waals surface area contributed by atoms with Crippen molar-refractivity contribution in [3.63, 3.8) is 0 Å². The predicted octanol–water partition coefficient (Wildman–Crippen LogP) is 4.00. The Morgan fingerprint density at radius 2 is 1.81 bits per heavy atom. The van der Waals surface area contributed by atoms with E-state index in [2.05, 4.69) is 0 Å². The molecule has 1 heterocycles. The van der Waals surface area contributed by atoms with Crippen LogP contribution in [0, 0.1) is 0 Å². The molecular weight excluding hydrogens is 367 g/mol. The highest BCUT2D eigenvalue weighted by atomic mass is 32.2. The third-order valence-corrected chi connectivity index (χ3v) is 6.59. The summed E-state index contributed by atoms with van der Waals surface area (Å²) in [6.45, 7) is 0.188. The fraction of sp³-hybridized carbons (Fsp3) is 0.556. The minimum absolute atomic E-state index is 0.188. The van der Waals surface area contributed by atoms with E-state index in [1.807, 2.05) is 30.3 Å². The molecule has 0 aromatic heterocycles. The first-order chi connectivity index (χ1) is 12.2. The zero-order valence-electron chi connectivity index (χ0n) is 14.3. The first-order valence-corrected chi connectivity index (χ1v) is 10.2. The standard InChI is InChI=1S/C18H22F3NO3S/c19-18(20,21)11-12-26(23,24)22-16(13-15-7-3-1-4-8-15)14-25-17(22)9-5-2-6-10-17/h1,3-4,7-8,11-12,16H,2,5-6,9-10,13-14H2/b12-11+/t16-/m0/s1. The molecular formula is C18H22F3NO3S. The van der Waals surface area contributed by atoms with E-state index in [0.29, 0.717) is 19.3 Å². The van der Waals surface area contributed by atoms with Gasteiger partial charge in [0.15, 0.2) is 0 Å². The van der Waals surface area contributed by atoms with Crippen LogP contribution >= 0.6 is 0 Å². The Morgan fingerprint density at radius 1 is 1.15 bits per heavy atom. The van der Waals surface area contributed by atoms with Gasteiger partial charge in [-0.25, -0.2) is 8.42 Å². The van der Waals surface area contributed by atoms with Crippen molar-refractivity contribution >= 4 is 10.0 Å². The number of hydrogen-bond donors (Lipinski definition) is 0. The number of hydrogen-bond acceptors (Lipinski definition) is 3. The van der Waals surface area contributed by atoms with Gasteiger partial charge in [0.25, 0.3) is 0 Å². The molecule has 2 aliphatic rings. The summed E-state index contributed by atoms with van der Waals surface area (Å²) in [5.74, 6) is 0. The fourth-order valence-electron chi connectivity index (χ4n) is 3.88. The largest absolute Gasteiger partial charge is 0.410 e. The van der Waals surface area contributed by atoms with Gasteiger partial charge in [-0.3, -0.25) is 0 Å². The van der Waals surface area contributed by atoms with Crippen LogP contribution in [0.4, 0.5) is 13.2 Å². The van der Waals surface area contributed by atoms with Crippen LogP contribution in [0.2, 0.25) is 0 Å². The van der Waals surface area contributed by atoms with Crippen molar-refractivity contribution in [2.24, 2.45) is 0 Å². The van der Waals surface area contributed by atoms with E-state index in [1.165, 1.54) is 4.31 Å². The summed E-state index contributed by atoms with van der Waals surface area (Å²) in [6.07, 6.45) is -0.892. The van der Waals surface area contributed by atoms with Gasteiger partial charge in [-0.1, -0.05) is 36.8 Å². The van der Waals surface area contributed by atoms with Gasteiger partial charge in [-0.05, 0) is 37.7 Å². The second-order valence-electron chi connectivity index (χ2n) is 6.85. The van der Waals surface area contributed by atoms with Gasteiger partial charge in [-0.2, -0.15) is 17.5 Å². The minimum Gasteiger partial charge on any atom is -0.358 e. The highest BCUT2D eigenvalue weighted by Crippen LogP contribution is 2.43. The first-order valence-electron chi connectivity index (χ1n) is 8.70. The van der Waals surface area contributed by atoms with E-state index in [9.17, 15) is 21.6 Å². The van der Waals surface area contributed by atoms with Crippen molar-refractivity contribution in [2.45, 2.75) is 56.5 Å². The molecule has 0 amide bonds. The quantitative estimate of drug-likeness (QED) is 0.782. The number of alkyl halides is 3. The summed E-state index contributed by atoms with van der Waals surface area (Å²) < 4.78 is 70.4. The maximum Gasteiger partial charge on any atom is 0.410 e. The Morgan fingerprint density at radius 3 is 2.42 bits per heavy atom. The van der Waals surface area contributed by atoms with Crippen molar-refractivity contribution in [1.82, 2.24) is 4.31 Å². The second kappa shape index (κ2) is 7.32. The maximum absolute atomic E-state index is 12.8. The first kappa shape index (κ1) is 19.4. The zero-order chi connectivity index (χ0) is 18.8. The number of rotatable bonds is 4. The Hall–Kier alpha value is -1.38. The van der Waals surface area contributed by atoms with Crippen LogP contribution in [-0.2, 0) is 21.2 Å². The van der Waals surface area contributed by atoms with Crippen LogP contribution in [0.1, 0.15) is 37.7 Å². The van der Waals surface area contributed by atoms with Crippen LogP contribution < -0.4 is 0 Å². The lowest BCUT2D eigenvalue weighted by atomic mass is 9.91. The number of sulfonamides is 1. The average Bonchev–Trinajstić information content (AvgIpc) is 2.92. The molecule has 1 atom stereocenters. The van der Waals surface area contributed by atoms with E-state index in [-0.39, 0.29) is 18.1 Å². The number of benzene rings is 1. The Kier molecular flexibility index (Phi) is 5.46. The molecule has 0 bridgehead atoms. The normalized spacial score (nSPS) is 24.5. The topological polar surface area (TPSA) is 46.6 Å². The summed E-state index contributed by atoms with van der Waals surface area (Å²) in [7, 11) is -4.26. The Balaban J connectivity index is 1.93. The molecule has 1 aromatic rings. The molecule has 1 aromatic carbocycles. The third kappa shape index (κ3) is 4.29. The van der Waals surface area contributed by atoms with E-state index < -0.39 is 28.0 Å². The molecule has 144 valence electrons. The molecule has 1 saturated carbocycles. The molecule has 0 N–H and O–H groups in total. The van der Waals surface area contributed by atoms with Gasteiger partial charge in [0, 0.05) is 6.08 Å². The maximum atomic E-state index is 12.8. The van der Waals surface area contributed by atoms with Crippen molar-refractivity contribution in [2.75, 3.05) is 6.61 Å². The SMILES string of the molecule is O=S(=O)(/C=C/C(F)(F)F)N1[C@@H](Cc2ccccc2)COC12CCCCC2. The predicted molar refractivity (Wildman–Crippen MR) is 91.7 cm³/mol. The lowest BCUT2D eigenvalue weighted by Gasteiger charge is -2.40. The lowest BCUT2D eigenvalue weighted by Crippen LogP contribution is -2.52. The van der Waals surface area contributed by atoms with Gasteiger partial charge >= 0.3 is 6.18 Å². The highest BCUT2D eigenvalue weighted by molar-refractivity contribution is 7.92. The molecule has 0 radical (unpaired) electrons. The molecule has 1 aliphatic heterocycles. The lowest BCUT2D eigenvalue weighted by molar-refractivity contribution is -0.0808. The van der Waals surface area contributed by atoms with Crippen LogP contribution in [-0.4, -0.2) is 37.3 Å². The minimum atomic E-state index is -4.68. The number of nitrogens with zero attached hydrogens (tertiary/aromatic N) is 1. The summed E-state index contributed by atoms with van der Waals surface area (Å²) in [5, 5.41) is 0.274. The number of allylic oxidation sites excluding steroid dienone is 1. The van der Waals surface area contributed by atoms with Crippen LogP contribution in [0.15, 0.2) is 41.8 Å². The van der Waals surface area contributed by atoms with Gasteiger partial charge in [-0.15, -0.1) is 0 Å². The van der Waals surface area contributed by atoms with Crippen molar-refractivity contribution in [1.29, 1.82) is 0 Å². The molecule has 0 unspecified atom stereocenters. The molecule has 1 aliphatic carbocycles. The molecule has 2 fully saturated rings.